The second-order valence-corrected chi connectivity index (χ2v) is 0. The van der Waals surface area contributed by atoms with E-state index in [9.17, 15) is 0 Å². The SMILES string of the molecule is Cl.O.[H-].[Na+].[Ni]. The van der Waals surface area contributed by atoms with Crippen molar-refractivity contribution in [3.63, 3.8) is 0 Å². The van der Waals surface area contributed by atoms with Crippen molar-refractivity contribution in [2.75, 3.05) is 0 Å². The summed E-state index contributed by atoms with van der Waals surface area (Å²) >= 11 is 0. The summed E-state index contributed by atoms with van der Waals surface area (Å²) in [5.41, 5.74) is 0. The summed E-state index contributed by atoms with van der Waals surface area (Å²) in [6, 6.07) is 0. The third-order valence-corrected chi connectivity index (χ3v) is 0. The van der Waals surface area contributed by atoms with Gasteiger partial charge in [0.1, 0.15) is 0 Å². The minimum Gasteiger partial charge on any atom is -1.00 e. The summed E-state index contributed by atoms with van der Waals surface area (Å²) in [5.74, 6) is 0. The first-order valence-electron chi connectivity index (χ1n) is 0. The fourth-order valence-electron chi connectivity index (χ4n) is 0. The molecule has 0 radical (unpaired) electrons. The van der Waals surface area contributed by atoms with Gasteiger partial charge in [-0.1, -0.05) is 0 Å². The predicted molar refractivity (Wildman–Crippen MR) is 12.0 cm³/mol. The van der Waals surface area contributed by atoms with Crippen molar-refractivity contribution in [1.29, 1.82) is 0 Å². The van der Waals surface area contributed by atoms with E-state index in [0.717, 1.165) is 0 Å². The molecule has 0 aliphatic heterocycles. The van der Waals surface area contributed by atoms with E-state index in [1.165, 1.54) is 0 Å². The minimum absolute atomic E-state index is 0. The number of rotatable bonds is 0. The van der Waals surface area contributed by atoms with Crippen LogP contribution in [0.2, 0.25) is 0 Å². The Morgan fingerprint density at radius 2 is 1.25 bits per heavy atom. The number of hydrogen-bond acceptors (Lipinski definition) is 0. The van der Waals surface area contributed by atoms with Crippen LogP contribution < -0.4 is 29.6 Å². The van der Waals surface area contributed by atoms with E-state index in [1.807, 2.05) is 0 Å². The van der Waals surface area contributed by atoms with Crippen molar-refractivity contribution in [2.24, 2.45) is 0 Å². The van der Waals surface area contributed by atoms with Crippen molar-refractivity contribution < 1.29 is 53.0 Å². The maximum absolute atomic E-state index is 0. The summed E-state index contributed by atoms with van der Waals surface area (Å²) in [5, 5.41) is 0. The summed E-state index contributed by atoms with van der Waals surface area (Å²) in [6.07, 6.45) is 0. The Morgan fingerprint density at radius 3 is 1.25 bits per heavy atom. The van der Waals surface area contributed by atoms with Crippen LogP contribution >= 0.6 is 12.4 Å². The van der Waals surface area contributed by atoms with Crippen molar-refractivity contribution in [2.45, 2.75) is 0 Å². The number of hydrogen-bond donors (Lipinski definition) is 0. The predicted octanol–water partition coefficient (Wildman–Crippen LogP) is -3.29. The van der Waals surface area contributed by atoms with Crippen molar-refractivity contribution in [3.05, 3.63) is 0 Å². The smallest absolute Gasteiger partial charge is 1.00 e. The Labute approximate surface area is 64.9 Å². The molecule has 0 aliphatic rings. The van der Waals surface area contributed by atoms with E-state index >= 15 is 0 Å². The van der Waals surface area contributed by atoms with Crippen LogP contribution in [0.3, 0.4) is 0 Å². The average Bonchev–Trinajstić information content (AvgIpc) is 0. The van der Waals surface area contributed by atoms with Gasteiger partial charge in [-0.3, -0.25) is 0 Å². The van der Waals surface area contributed by atoms with Crippen LogP contribution in [-0.2, 0) is 16.5 Å². The molecule has 0 aromatic rings. The Balaban J connectivity index is 0. The zero-order valence-corrected chi connectivity index (χ0v) is 6.03. The van der Waals surface area contributed by atoms with Crippen LogP contribution in [0.5, 0.6) is 0 Å². The molecule has 0 spiro atoms. The molecule has 0 bridgehead atoms. The topological polar surface area (TPSA) is 31.5 Å². The third kappa shape index (κ3) is 9.27. The van der Waals surface area contributed by atoms with Gasteiger partial charge in [-0.05, 0) is 0 Å². The van der Waals surface area contributed by atoms with Crippen LogP contribution in [0, 0.1) is 0 Å². The zero-order chi connectivity index (χ0) is 0. The molecule has 0 aliphatic carbocycles. The van der Waals surface area contributed by atoms with E-state index < -0.39 is 0 Å². The molecule has 4 heavy (non-hydrogen) atoms. The molecule has 0 fully saturated rings. The molecular weight excluding hydrogens is 133 g/mol. The number of halogens is 1. The van der Waals surface area contributed by atoms with E-state index in [0.29, 0.717) is 0 Å². The molecule has 4 heteroatoms. The first kappa shape index (κ1) is 42.5. The van der Waals surface area contributed by atoms with Gasteiger partial charge in [0, 0.05) is 16.5 Å². The summed E-state index contributed by atoms with van der Waals surface area (Å²) in [7, 11) is 0. The molecule has 28 valence electrons. The van der Waals surface area contributed by atoms with Crippen molar-refractivity contribution >= 4 is 12.4 Å². The van der Waals surface area contributed by atoms with Crippen molar-refractivity contribution in [1.82, 2.24) is 0 Å². The van der Waals surface area contributed by atoms with Gasteiger partial charge in [-0.2, -0.15) is 0 Å². The van der Waals surface area contributed by atoms with E-state index in [-0.39, 0.29) is 65.4 Å². The normalized spacial score (nSPS) is 0. The minimum atomic E-state index is 0. The van der Waals surface area contributed by atoms with E-state index in [1.54, 1.807) is 0 Å². The second-order valence-electron chi connectivity index (χ2n) is 0. The van der Waals surface area contributed by atoms with E-state index in [2.05, 4.69) is 0 Å². The van der Waals surface area contributed by atoms with Crippen LogP contribution in [0.1, 0.15) is 1.43 Å². The molecule has 2 N–H and O–H groups in total. The Bertz CT molecular complexity index is 11.6. The molecule has 0 unspecified atom stereocenters. The van der Waals surface area contributed by atoms with Gasteiger partial charge >= 0.3 is 29.6 Å². The van der Waals surface area contributed by atoms with Crippen LogP contribution in [0.4, 0.5) is 0 Å². The first-order valence-corrected chi connectivity index (χ1v) is 0. The summed E-state index contributed by atoms with van der Waals surface area (Å²) in [4.78, 5) is 0. The third-order valence-electron chi connectivity index (χ3n) is 0. The average molecular weight is 137 g/mol. The molecule has 0 saturated carbocycles. The van der Waals surface area contributed by atoms with Gasteiger partial charge in [0.2, 0.25) is 0 Å². The zero-order valence-electron chi connectivity index (χ0n) is 3.22. The van der Waals surface area contributed by atoms with Gasteiger partial charge in [-0.15, -0.1) is 12.4 Å². The largest absolute Gasteiger partial charge is 1.00 e. The molecule has 0 rings (SSSR count). The monoisotopic (exact) mass is 136 g/mol. The standard InChI is InChI=1S/ClH.Na.Ni.H2O.H/h1H;;;1H2;/q;+1;;;-1. The fourth-order valence-corrected chi connectivity index (χ4v) is 0. The molecule has 0 saturated heterocycles. The van der Waals surface area contributed by atoms with E-state index in [4.69, 9.17) is 0 Å². The van der Waals surface area contributed by atoms with Gasteiger partial charge in [0.15, 0.2) is 0 Å². The van der Waals surface area contributed by atoms with Crippen LogP contribution in [0.15, 0.2) is 0 Å². The van der Waals surface area contributed by atoms with Gasteiger partial charge in [0.05, 0.1) is 0 Å². The molecule has 0 aromatic heterocycles. The molecule has 1 nitrogen and oxygen atoms in total. The van der Waals surface area contributed by atoms with Gasteiger partial charge in [-0.25, -0.2) is 0 Å². The van der Waals surface area contributed by atoms with Crippen molar-refractivity contribution in [3.8, 4) is 0 Å². The molecule has 0 aromatic carbocycles. The quantitative estimate of drug-likeness (QED) is 0.313. The molecule has 0 amide bonds. The second kappa shape index (κ2) is 21.9. The molecule has 0 atom stereocenters. The Morgan fingerprint density at radius 1 is 1.25 bits per heavy atom. The van der Waals surface area contributed by atoms with Crippen LogP contribution in [-0.4, -0.2) is 5.48 Å². The van der Waals surface area contributed by atoms with Crippen LogP contribution in [0.25, 0.3) is 0 Å². The summed E-state index contributed by atoms with van der Waals surface area (Å²) in [6.45, 7) is 0. The molecular formula is H4ClNaNiO. The fraction of sp³-hybridized carbons (Fsp3) is 0. The Kier molecular flexibility index (Phi) is 232. The Hall–Kier alpha value is 1.74. The molecule has 0 heterocycles. The maximum Gasteiger partial charge on any atom is 1.00 e. The summed E-state index contributed by atoms with van der Waals surface area (Å²) < 4.78 is 0. The van der Waals surface area contributed by atoms with Gasteiger partial charge < -0.3 is 6.90 Å². The first-order chi connectivity index (χ1) is 0. The maximum atomic E-state index is 0. The van der Waals surface area contributed by atoms with Gasteiger partial charge in [0.25, 0.3) is 0 Å².